The van der Waals surface area contributed by atoms with E-state index in [1.165, 1.54) is 0 Å². The molecular formula is C10H7ClN2O. The van der Waals surface area contributed by atoms with Crippen molar-refractivity contribution in [1.29, 1.82) is 0 Å². The van der Waals surface area contributed by atoms with Crippen molar-refractivity contribution >= 4 is 28.4 Å². The third-order valence-corrected chi connectivity index (χ3v) is 2.27. The summed E-state index contributed by atoms with van der Waals surface area (Å²) in [7, 11) is 0. The van der Waals surface area contributed by atoms with Gasteiger partial charge in [-0.25, -0.2) is 0 Å². The van der Waals surface area contributed by atoms with Crippen molar-refractivity contribution in [3.05, 3.63) is 41.0 Å². The second kappa shape index (κ2) is 3.27. The molecule has 3 nitrogen and oxygen atoms in total. The largest absolute Gasteiger partial charge is 0.366 e. The Morgan fingerprint density at radius 3 is 2.93 bits per heavy atom. The standard InChI is InChI=1S/C10H7ClN2O/c11-8-5-9-6(2-1-3-13-9)4-7(8)10(12)14/h1-5H,(H2,12,14). The number of primary amides is 1. The quantitative estimate of drug-likeness (QED) is 0.776. The zero-order valence-corrected chi connectivity index (χ0v) is 7.95. The Morgan fingerprint density at radius 1 is 1.43 bits per heavy atom. The van der Waals surface area contributed by atoms with Gasteiger partial charge in [0.1, 0.15) is 0 Å². The summed E-state index contributed by atoms with van der Waals surface area (Å²) >= 11 is 5.86. The number of carbonyl (C=O) groups is 1. The van der Waals surface area contributed by atoms with E-state index >= 15 is 0 Å². The number of hydrogen-bond donors (Lipinski definition) is 1. The SMILES string of the molecule is NC(=O)c1cc2cccnc2cc1Cl. The van der Waals surface area contributed by atoms with Crippen LogP contribution in [-0.4, -0.2) is 10.9 Å². The van der Waals surface area contributed by atoms with Gasteiger partial charge in [0, 0.05) is 11.6 Å². The minimum Gasteiger partial charge on any atom is -0.366 e. The van der Waals surface area contributed by atoms with E-state index in [2.05, 4.69) is 4.98 Å². The highest BCUT2D eigenvalue weighted by Gasteiger charge is 2.07. The van der Waals surface area contributed by atoms with Crippen molar-refractivity contribution in [1.82, 2.24) is 4.98 Å². The first-order valence-electron chi connectivity index (χ1n) is 4.02. The van der Waals surface area contributed by atoms with Crippen LogP contribution in [0.4, 0.5) is 0 Å². The van der Waals surface area contributed by atoms with E-state index in [0.29, 0.717) is 10.6 Å². The molecule has 0 radical (unpaired) electrons. The number of carbonyl (C=O) groups excluding carboxylic acids is 1. The predicted octanol–water partition coefficient (Wildman–Crippen LogP) is 1.99. The van der Waals surface area contributed by atoms with Crippen molar-refractivity contribution in [2.75, 3.05) is 0 Å². The van der Waals surface area contributed by atoms with Gasteiger partial charge in [-0.15, -0.1) is 0 Å². The normalized spacial score (nSPS) is 10.4. The lowest BCUT2D eigenvalue weighted by atomic mass is 10.1. The molecule has 4 heteroatoms. The number of pyridine rings is 1. The number of hydrogen-bond acceptors (Lipinski definition) is 2. The van der Waals surface area contributed by atoms with Gasteiger partial charge in [-0.1, -0.05) is 17.7 Å². The fourth-order valence-corrected chi connectivity index (χ4v) is 1.53. The summed E-state index contributed by atoms with van der Waals surface area (Å²) in [6.07, 6.45) is 1.67. The van der Waals surface area contributed by atoms with E-state index < -0.39 is 5.91 Å². The van der Waals surface area contributed by atoms with Crippen LogP contribution in [0.25, 0.3) is 10.9 Å². The molecule has 1 aromatic carbocycles. The number of amides is 1. The lowest BCUT2D eigenvalue weighted by Gasteiger charge is -2.01. The maximum Gasteiger partial charge on any atom is 0.250 e. The average Bonchev–Trinajstić information content (AvgIpc) is 2.16. The van der Waals surface area contributed by atoms with Crippen LogP contribution in [0.1, 0.15) is 10.4 Å². The number of nitrogens with two attached hydrogens (primary N) is 1. The first kappa shape index (κ1) is 8.97. The van der Waals surface area contributed by atoms with Crippen LogP contribution in [-0.2, 0) is 0 Å². The van der Waals surface area contributed by atoms with Crippen LogP contribution in [0.2, 0.25) is 5.02 Å². The molecule has 0 atom stereocenters. The van der Waals surface area contributed by atoms with Crippen LogP contribution in [0.15, 0.2) is 30.5 Å². The number of rotatable bonds is 1. The molecule has 0 bridgehead atoms. The van der Waals surface area contributed by atoms with E-state index in [1.54, 1.807) is 24.4 Å². The van der Waals surface area contributed by atoms with Crippen molar-refractivity contribution in [3.8, 4) is 0 Å². The molecule has 1 aromatic heterocycles. The van der Waals surface area contributed by atoms with Gasteiger partial charge in [0.15, 0.2) is 0 Å². The second-order valence-electron chi connectivity index (χ2n) is 2.89. The number of aromatic nitrogens is 1. The topological polar surface area (TPSA) is 56.0 Å². The minimum atomic E-state index is -0.527. The maximum atomic E-state index is 11.0. The van der Waals surface area contributed by atoms with Gasteiger partial charge in [0.2, 0.25) is 5.91 Å². The summed E-state index contributed by atoms with van der Waals surface area (Å²) in [4.78, 5) is 15.1. The maximum absolute atomic E-state index is 11.0. The lowest BCUT2D eigenvalue weighted by Crippen LogP contribution is -2.11. The highest BCUT2D eigenvalue weighted by molar-refractivity contribution is 6.34. The number of fused-ring (bicyclic) bond motifs is 1. The molecule has 0 unspecified atom stereocenters. The van der Waals surface area contributed by atoms with Gasteiger partial charge in [-0.2, -0.15) is 0 Å². The smallest absolute Gasteiger partial charge is 0.250 e. The predicted molar refractivity (Wildman–Crippen MR) is 55.3 cm³/mol. The van der Waals surface area contributed by atoms with E-state index in [9.17, 15) is 4.79 Å². The van der Waals surface area contributed by atoms with Crippen molar-refractivity contribution in [3.63, 3.8) is 0 Å². The molecule has 0 fully saturated rings. The summed E-state index contributed by atoms with van der Waals surface area (Å²) < 4.78 is 0. The molecule has 0 aliphatic rings. The first-order valence-corrected chi connectivity index (χ1v) is 4.40. The Bertz CT molecular complexity index is 510. The zero-order chi connectivity index (χ0) is 10.1. The van der Waals surface area contributed by atoms with E-state index in [-0.39, 0.29) is 0 Å². The highest BCUT2D eigenvalue weighted by Crippen LogP contribution is 2.21. The van der Waals surface area contributed by atoms with Crippen molar-refractivity contribution in [2.45, 2.75) is 0 Å². The molecule has 1 heterocycles. The number of benzene rings is 1. The van der Waals surface area contributed by atoms with E-state index in [1.807, 2.05) is 6.07 Å². The third kappa shape index (κ3) is 1.42. The lowest BCUT2D eigenvalue weighted by molar-refractivity contribution is 0.100. The Hall–Kier alpha value is -1.61. The van der Waals surface area contributed by atoms with E-state index in [4.69, 9.17) is 17.3 Å². The molecule has 2 aromatic rings. The Morgan fingerprint density at radius 2 is 2.21 bits per heavy atom. The van der Waals surface area contributed by atoms with E-state index in [0.717, 1.165) is 10.9 Å². The number of halogens is 1. The molecule has 0 saturated carbocycles. The third-order valence-electron chi connectivity index (χ3n) is 1.96. The summed E-state index contributed by atoms with van der Waals surface area (Å²) in [5.74, 6) is -0.527. The molecule has 0 saturated heterocycles. The minimum absolute atomic E-state index is 0.326. The van der Waals surface area contributed by atoms with Gasteiger partial charge >= 0.3 is 0 Å². The molecular weight excluding hydrogens is 200 g/mol. The number of nitrogens with zero attached hydrogens (tertiary/aromatic N) is 1. The average molecular weight is 207 g/mol. The van der Waals surface area contributed by atoms with Crippen LogP contribution in [0.5, 0.6) is 0 Å². The summed E-state index contributed by atoms with van der Waals surface area (Å²) in [5, 5.41) is 1.19. The summed E-state index contributed by atoms with van der Waals surface area (Å²) in [6.45, 7) is 0. The van der Waals surface area contributed by atoms with Crippen LogP contribution >= 0.6 is 11.6 Å². The van der Waals surface area contributed by atoms with Crippen molar-refractivity contribution < 1.29 is 4.79 Å². The monoisotopic (exact) mass is 206 g/mol. The molecule has 0 spiro atoms. The Balaban J connectivity index is 2.77. The molecule has 0 aliphatic carbocycles. The zero-order valence-electron chi connectivity index (χ0n) is 7.20. The second-order valence-corrected chi connectivity index (χ2v) is 3.30. The Labute approximate surface area is 85.5 Å². The van der Waals surface area contributed by atoms with Gasteiger partial charge in [-0.05, 0) is 18.2 Å². The van der Waals surface area contributed by atoms with Gasteiger partial charge < -0.3 is 5.73 Å². The van der Waals surface area contributed by atoms with Crippen molar-refractivity contribution in [2.24, 2.45) is 5.73 Å². The Kier molecular flexibility index (Phi) is 2.09. The van der Waals surface area contributed by atoms with Gasteiger partial charge in [0.25, 0.3) is 0 Å². The highest BCUT2D eigenvalue weighted by atomic mass is 35.5. The van der Waals surface area contributed by atoms with Crippen LogP contribution < -0.4 is 5.73 Å². The molecule has 14 heavy (non-hydrogen) atoms. The molecule has 2 N–H and O–H groups in total. The fraction of sp³-hybridized carbons (Fsp3) is 0. The van der Waals surface area contributed by atoms with Crippen LogP contribution in [0.3, 0.4) is 0 Å². The summed E-state index contributed by atoms with van der Waals surface area (Å²) in [5.41, 5.74) is 6.24. The summed E-state index contributed by atoms with van der Waals surface area (Å²) in [6, 6.07) is 6.93. The van der Waals surface area contributed by atoms with Crippen LogP contribution in [0, 0.1) is 0 Å². The molecule has 70 valence electrons. The fourth-order valence-electron chi connectivity index (χ4n) is 1.28. The molecule has 0 aliphatic heterocycles. The molecule has 2 rings (SSSR count). The first-order chi connectivity index (χ1) is 6.68. The molecule has 1 amide bonds. The van der Waals surface area contributed by atoms with Gasteiger partial charge in [-0.3, -0.25) is 9.78 Å². The van der Waals surface area contributed by atoms with Gasteiger partial charge in [0.05, 0.1) is 16.1 Å².